The molecule has 1 heterocycles. The summed E-state index contributed by atoms with van der Waals surface area (Å²) in [4.78, 5) is 43.0. The zero-order valence-electron chi connectivity index (χ0n) is 18.6. The second kappa shape index (κ2) is 8.57. The van der Waals surface area contributed by atoms with Crippen LogP contribution in [-0.2, 0) is 11.2 Å². The predicted molar refractivity (Wildman–Crippen MR) is 125 cm³/mol. The van der Waals surface area contributed by atoms with E-state index in [4.69, 9.17) is 0 Å². The van der Waals surface area contributed by atoms with E-state index in [-0.39, 0.29) is 35.4 Å². The van der Waals surface area contributed by atoms with Crippen molar-refractivity contribution in [2.45, 2.75) is 58.0 Å². The van der Waals surface area contributed by atoms with E-state index in [1.54, 1.807) is 34.9 Å². The summed E-state index contributed by atoms with van der Waals surface area (Å²) in [5.41, 5.74) is 1.09. The van der Waals surface area contributed by atoms with Crippen LogP contribution in [0.3, 0.4) is 0 Å². The van der Waals surface area contributed by atoms with Crippen molar-refractivity contribution in [3.05, 3.63) is 70.3 Å². The summed E-state index contributed by atoms with van der Waals surface area (Å²) in [7, 11) is 0. The van der Waals surface area contributed by atoms with E-state index in [1.165, 1.54) is 0 Å². The molecule has 2 N–H and O–H groups in total. The van der Waals surface area contributed by atoms with Crippen molar-refractivity contribution in [3.63, 3.8) is 0 Å². The van der Waals surface area contributed by atoms with E-state index >= 15 is 0 Å². The predicted octanol–water partition coefficient (Wildman–Crippen LogP) is 3.83. The third-order valence-electron chi connectivity index (χ3n) is 5.30. The van der Waals surface area contributed by atoms with Crippen LogP contribution in [-0.4, -0.2) is 26.9 Å². The molecule has 0 atom stereocenters. The fraction of sp³-hybridized carbons (Fsp3) is 0.360. The van der Waals surface area contributed by atoms with Crippen LogP contribution in [0, 0.1) is 0 Å². The Bertz CT molecular complexity index is 1240. The molecule has 7 nitrogen and oxygen atoms in total. The minimum atomic E-state index is -0.386. The van der Waals surface area contributed by atoms with Gasteiger partial charge in [0.05, 0.1) is 22.2 Å². The van der Waals surface area contributed by atoms with Gasteiger partial charge < -0.3 is 10.6 Å². The van der Waals surface area contributed by atoms with Gasteiger partial charge in [0.1, 0.15) is 5.82 Å². The Morgan fingerprint density at radius 1 is 1.06 bits per heavy atom. The van der Waals surface area contributed by atoms with E-state index in [2.05, 4.69) is 15.6 Å². The fourth-order valence-corrected chi connectivity index (χ4v) is 3.71. The van der Waals surface area contributed by atoms with Gasteiger partial charge in [0.25, 0.3) is 11.5 Å². The van der Waals surface area contributed by atoms with Crippen LogP contribution in [0.25, 0.3) is 10.9 Å². The summed E-state index contributed by atoms with van der Waals surface area (Å²) in [6.07, 6.45) is 2.41. The molecule has 1 fully saturated rings. The second-order valence-corrected chi connectivity index (χ2v) is 9.25. The van der Waals surface area contributed by atoms with Crippen molar-refractivity contribution in [2.75, 3.05) is 5.32 Å². The number of aromatic nitrogens is 2. The van der Waals surface area contributed by atoms with Crippen molar-refractivity contribution in [2.24, 2.45) is 0 Å². The van der Waals surface area contributed by atoms with Crippen LogP contribution in [0.4, 0.5) is 5.69 Å². The normalized spacial score (nSPS) is 13.7. The first-order valence-corrected chi connectivity index (χ1v) is 10.9. The molecule has 32 heavy (non-hydrogen) atoms. The third kappa shape index (κ3) is 4.88. The molecule has 3 aromatic rings. The molecule has 166 valence electrons. The van der Waals surface area contributed by atoms with Crippen LogP contribution in [0.5, 0.6) is 0 Å². The number of fused-ring (bicyclic) bond motifs is 1. The van der Waals surface area contributed by atoms with Crippen LogP contribution in [0.15, 0.2) is 53.3 Å². The molecule has 0 unspecified atom stereocenters. The quantitative estimate of drug-likeness (QED) is 0.619. The van der Waals surface area contributed by atoms with E-state index < -0.39 is 0 Å². The molecule has 0 spiro atoms. The number of nitrogens with zero attached hydrogens (tertiary/aromatic N) is 2. The van der Waals surface area contributed by atoms with Gasteiger partial charge in [-0.05, 0) is 57.9 Å². The lowest BCUT2D eigenvalue weighted by Crippen LogP contribution is -2.40. The molecule has 0 aliphatic heterocycles. The lowest BCUT2D eigenvalue weighted by Gasteiger charge is -2.21. The zero-order chi connectivity index (χ0) is 22.9. The SMILES string of the molecule is CC(C)(C)NC(=O)c1ccccc1NC(=O)CCc1nc2ccccc2c(=O)n1C1CC1. The molecule has 1 aromatic heterocycles. The minimum Gasteiger partial charge on any atom is -0.347 e. The molecule has 7 heteroatoms. The van der Waals surface area contributed by atoms with E-state index in [1.807, 2.05) is 39.0 Å². The number of aryl methyl sites for hydroxylation is 1. The molecule has 1 saturated carbocycles. The number of anilines is 1. The molecule has 0 radical (unpaired) electrons. The number of para-hydroxylation sites is 2. The largest absolute Gasteiger partial charge is 0.347 e. The summed E-state index contributed by atoms with van der Waals surface area (Å²) in [6, 6.07) is 14.4. The third-order valence-corrected chi connectivity index (χ3v) is 5.30. The van der Waals surface area contributed by atoms with Gasteiger partial charge in [-0.15, -0.1) is 0 Å². The lowest BCUT2D eigenvalue weighted by molar-refractivity contribution is -0.116. The Morgan fingerprint density at radius 2 is 1.75 bits per heavy atom. The fourth-order valence-electron chi connectivity index (χ4n) is 3.71. The van der Waals surface area contributed by atoms with E-state index in [9.17, 15) is 14.4 Å². The summed E-state index contributed by atoms with van der Waals surface area (Å²) in [5.74, 6) is 0.156. The number of benzene rings is 2. The summed E-state index contributed by atoms with van der Waals surface area (Å²) < 4.78 is 1.75. The molecule has 1 aliphatic rings. The van der Waals surface area contributed by atoms with Gasteiger partial charge in [-0.1, -0.05) is 24.3 Å². The van der Waals surface area contributed by atoms with Gasteiger partial charge in [-0.2, -0.15) is 0 Å². The molecule has 1 aliphatic carbocycles. The van der Waals surface area contributed by atoms with Crippen LogP contribution in [0.1, 0.15) is 62.3 Å². The molecule has 2 aromatic carbocycles. The van der Waals surface area contributed by atoms with Gasteiger partial charge >= 0.3 is 0 Å². The number of hydrogen-bond donors (Lipinski definition) is 2. The standard InChI is InChI=1S/C25H28N4O3/c1-25(2,3)28-23(31)17-8-4-6-10-19(17)27-22(30)15-14-21-26-20-11-7-5-9-18(20)24(32)29(21)16-12-13-16/h4-11,16H,12-15H2,1-3H3,(H,27,30)(H,28,31). The molecular weight excluding hydrogens is 404 g/mol. The Labute approximate surface area is 186 Å². The highest BCUT2D eigenvalue weighted by Crippen LogP contribution is 2.35. The Morgan fingerprint density at radius 3 is 2.47 bits per heavy atom. The van der Waals surface area contributed by atoms with Crippen LogP contribution < -0.4 is 16.2 Å². The van der Waals surface area contributed by atoms with Crippen molar-refractivity contribution in [3.8, 4) is 0 Å². The first-order chi connectivity index (χ1) is 15.2. The van der Waals surface area contributed by atoms with Crippen LogP contribution >= 0.6 is 0 Å². The molecular formula is C25H28N4O3. The monoisotopic (exact) mass is 432 g/mol. The van der Waals surface area contributed by atoms with E-state index in [0.717, 1.165) is 12.8 Å². The van der Waals surface area contributed by atoms with Gasteiger partial charge in [-0.3, -0.25) is 19.0 Å². The molecule has 0 bridgehead atoms. The Hall–Kier alpha value is -3.48. The van der Waals surface area contributed by atoms with Crippen molar-refractivity contribution >= 4 is 28.4 Å². The highest BCUT2D eigenvalue weighted by molar-refractivity contribution is 6.04. The highest BCUT2D eigenvalue weighted by atomic mass is 16.2. The van der Waals surface area contributed by atoms with Crippen molar-refractivity contribution < 1.29 is 9.59 Å². The van der Waals surface area contributed by atoms with Crippen molar-refractivity contribution in [1.82, 2.24) is 14.9 Å². The van der Waals surface area contributed by atoms with E-state index in [0.29, 0.717) is 34.4 Å². The first-order valence-electron chi connectivity index (χ1n) is 10.9. The van der Waals surface area contributed by atoms with Gasteiger partial charge in [0.2, 0.25) is 5.91 Å². The van der Waals surface area contributed by atoms with Crippen molar-refractivity contribution in [1.29, 1.82) is 0 Å². The number of amides is 2. The summed E-state index contributed by atoms with van der Waals surface area (Å²) in [6.45, 7) is 5.71. The molecule has 0 saturated heterocycles. The first kappa shape index (κ1) is 21.7. The maximum atomic E-state index is 13.0. The maximum Gasteiger partial charge on any atom is 0.261 e. The minimum absolute atomic E-state index is 0.0438. The maximum absolute atomic E-state index is 13.0. The van der Waals surface area contributed by atoms with Gasteiger partial charge in [0.15, 0.2) is 0 Å². The van der Waals surface area contributed by atoms with Gasteiger partial charge in [0, 0.05) is 24.4 Å². The zero-order valence-corrected chi connectivity index (χ0v) is 18.6. The van der Waals surface area contributed by atoms with Gasteiger partial charge in [-0.25, -0.2) is 4.98 Å². The number of hydrogen-bond acceptors (Lipinski definition) is 4. The Balaban J connectivity index is 1.51. The Kier molecular flexibility index (Phi) is 5.82. The number of nitrogens with one attached hydrogen (secondary N) is 2. The topological polar surface area (TPSA) is 93.1 Å². The number of carbonyl (C=O) groups excluding carboxylic acids is 2. The number of carbonyl (C=O) groups is 2. The average molecular weight is 433 g/mol. The summed E-state index contributed by atoms with van der Waals surface area (Å²) in [5, 5.41) is 6.37. The molecule has 2 amide bonds. The summed E-state index contributed by atoms with van der Waals surface area (Å²) >= 11 is 0. The number of rotatable bonds is 6. The lowest BCUT2D eigenvalue weighted by atomic mass is 10.1. The van der Waals surface area contributed by atoms with Crippen LogP contribution in [0.2, 0.25) is 0 Å². The smallest absolute Gasteiger partial charge is 0.261 e. The highest BCUT2D eigenvalue weighted by Gasteiger charge is 2.28. The molecule has 4 rings (SSSR count). The second-order valence-electron chi connectivity index (χ2n) is 9.25. The average Bonchev–Trinajstić information content (AvgIpc) is 3.56.